The van der Waals surface area contributed by atoms with E-state index >= 15 is 0 Å². The summed E-state index contributed by atoms with van der Waals surface area (Å²) in [6.45, 7) is 5.43. The number of hydrogen-bond donors (Lipinski definition) is 0. The zero-order valence-electron chi connectivity index (χ0n) is 25.7. The molecule has 1 saturated carbocycles. The van der Waals surface area contributed by atoms with Crippen molar-refractivity contribution in [3.63, 3.8) is 0 Å². The van der Waals surface area contributed by atoms with Gasteiger partial charge < -0.3 is 14.2 Å². The van der Waals surface area contributed by atoms with Gasteiger partial charge in [-0.05, 0) is 19.3 Å². The van der Waals surface area contributed by atoms with Crippen LogP contribution in [0.25, 0.3) is 0 Å². The molecule has 1 aliphatic carbocycles. The Morgan fingerprint density at radius 1 is 0.538 bits per heavy atom. The van der Waals surface area contributed by atoms with E-state index in [9.17, 15) is 9.59 Å². The third-order valence-electron chi connectivity index (χ3n) is 8.77. The summed E-state index contributed by atoms with van der Waals surface area (Å²) in [6, 6.07) is 0. The molecule has 0 aromatic heterocycles. The maximum Gasteiger partial charge on any atom is 0.312 e. The van der Waals surface area contributed by atoms with Crippen LogP contribution in [0.2, 0.25) is 0 Å². The van der Waals surface area contributed by atoms with E-state index in [-0.39, 0.29) is 24.1 Å². The molecule has 39 heavy (non-hydrogen) atoms. The van der Waals surface area contributed by atoms with Gasteiger partial charge in [0.15, 0.2) is 0 Å². The molecule has 228 valence electrons. The first kappa shape index (κ1) is 34.1. The van der Waals surface area contributed by atoms with Gasteiger partial charge in [0.2, 0.25) is 0 Å². The number of ether oxygens (including phenoxy) is 3. The van der Waals surface area contributed by atoms with Crippen molar-refractivity contribution in [3.05, 3.63) is 0 Å². The highest BCUT2D eigenvalue weighted by Gasteiger charge is 2.54. The van der Waals surface area contributed by atoms with Crippen LogP contribution < -0.4 is 0 Å². The number of esters is 2. The second-order valence-electron chi connectivity index (χ2n) is 12.3. The van der Waals surface area contributed by atoms with Gasteiger partial charge in [-0.1, -0.05) is 142 Å². The molecule has 2 aliphatic heterocycles. The number of carbonyl (C=O) groups is 2. The second kappa shape index (κ2) is 22.6. The summed E-state index contributed by atoms with van der Waals surface area (Å²) in [6.07, 6.45) is 29.3. The summed E-state index contributed by atoms with van der Waals surface area (Å²) in [5, 5.41) is 0. The Balaban J connectivity index is 1.49. The average molecular weight is 551 g/mol. The summed E-state index contributed by atoms with van der Waals surface area (Å²) in [7, 11) is 0. The number of rotatable bonds is 26. The molecule has 3 rings (SSSR count). The van der Waals surface area contributed by atoms with Gasteiger partial charge in [-0.15, -0.1) is 0 Å². The van der Waals surface area contributed by atoms with Crippen LogP contribution >= 0.6 is 0 Å². The van der Waals surface area contributed by atoms with Crippen LogP contribution in [0.15, 0.2) is 0 Å². The molecule has 0 aromatic carbocycles. The van der Waals surface area contributed by atoms with E-state index in [1.165, 1.54) is 116 Å². The Kier molecular flexibility index (Phi) is 19.7. The number of fused-ring (bicyclic) bond motifs is 2. The predicted molar refractivity (Wildman–Crippen MR) is 160 cm³/mol. The minimum absolute atomic E-state index is 0.102. The van der Waals surface area contributed by atoms with Crippen molar-refractivity contribution >= 4 is 11.9 Å². The van der Waals surface area contributed by atoms with Crippen molar-refractivity contribution in [2.75, 3.05) is 13.2 Å². The smallest absolute Gasteiger partial charge is 0.312 e. The Morgan fingerprint density at radius 3 is 1.31 bits per heavy atom. The highest BCUT2D eigenvalue weighted by Crippen LogP contribution is 2.43. The number of unbranched alkanes of at least 4 members (excludes halogenated alkanes) is 20. The van der Waals surface area contributed by atoms with E-state index in [1.807, 2.05) is 0 Å². The van der Waals surface area contributed by atoms with Crippen molar-refractivity contribution in [1.29, 1.82) is 0 Å². The molecule has 4 atom stereocenters. The van der Waals surface area contributed by atoms with Gasteiger partial charge >= 0.3 is 11.9 Å². The largest absolute Gasteiger partial charge is 0.465 e. The maximum absolute atomic E-state index is 12.9. The first-order valence-corrected chi connectivity index (χ1v) is 17.2. The van der Waals surface area contributed by atoms with Crippen LogP contribution in [0.3, 0.4) is 0 Å². The van der Waals surface area contributed by atoms with Crippen LogP contribution in [-0.4, -0.2) is 37.4 Å². The van der Waals surface area contributed by atoms with Crippen molar-refractivity contribution in [2.45, 2.75) is 180 Å². The minimum atomic E-state index is -0.493. The van der Waals surface area contributed by atoms with E-state index in [0.29, 0.717) is 19.6 Å². The monoisotopic (exact) mass is 550 g/mol. The molecule has 3 fully saturated rings. The Morgan fingerprint density at radius 2 is 0.897 bits per heavy atom. The SMILES string of the molecule is CCCCCCCCCCCCCOC(=O)C1CC2CC(O2)C1C(=O)OCCCCCCCCCCCCC. The predicted octanol–water partition coefficient (Wildman–Crippen LogP) is 9.49. The highest BCUT2D eigenvalue weighted by molar-refractivity contribution is 5.83. The van der Waals surface area contributed by atoms with E-state index in [2.05, 4.69) is 13.8 Å². The van der Waals surface area contributed by atoms with Gasteiger partial charge in [-0.3, -0.25) is 9.59 Å². The normalized spacial score (nSPS) is 21.9. The lowest BCUT2D eigenvalue weighted by Crippen LogP contribution is -2.57. The fourth-order valence-electron chi connectivity index (χ4n) is 6.21. The molecular formula is C34H62O5. The second-order valence-corrected chi connectivity index (χ2v) is 12.3. The van der Waals surface area contributed by atoms with Crippen LogP contribution in [0.5, 0.6) is 0 Å². The molecule has 2 bridgehead atoms. The summed E-state index contributed by atoms with van der Waals surface area (Å²) in [4.78, 5) is 25.7. The lowest BCUT2D eigenvalue weighted by atomic mass is 9.72. The molecule has 0 aromatic rings. The summed E-state index contributed by atoms with van der Waals surface area (Å²) in [5.41, 5.74) is 0. The summed E-state index contributed by atoms with van der Waals surface area (Å²) in [5.74, 6) is -1.38. The quantitative estimate of drug-likeness (QED) is 0.0792. The molecule has 0 amide bonds. The standard InChI is InChI=1S/C34H62O5/c1-3-5-7-9-11-13-15-17-19-21-23-25-37-33(35)30-27-29-28-31(39-29)32(30)34(36)38-26-24-22-20-18-16-14-12-10-8-6-4-2/h29-32H,3-28H2,1-2H3. The average Bonchev–Trinajstić information content (AvgIpc) is 2.93. The molecule has 5 heteroatoms. The highest BCUT2D eigenvalue weighted by atomic mass is 16.6. The molecule has 0 N–H and O–H groups in total. The lowest BCUT2D eigenvalue weighted by Gasteiger charge is -2.48. The van der Waals surface area contributed by atoms with E-state index in [1.54, 1.807) is 0 Å². The molecule has 5 nitrogen and oxygen atoms in total. The van der Waals surface area contributed by atoms with Gasteiger partial charge in [0.25, 0.3) is 0 Å². The van der Waals surface area contributed by atoms with Crippen LogP contribution in [0.1, 0.15) is 168 Å². The third-order valence-corrected chi connectivity index (χ3v) is 8.77. The number of hydrogen-bond acceptors (Lipinski definition) is 5. The van der Waals surface area contributed by atoms with Crippen LogP contribution in [0, 0.1) is 11.8 Å². The van der Waals surface area contributed by atoms with Crippen molar-refractivity contribution in [2.24, 2.45) is 11.8 Å². The Hall–Kier alpha value is -1.10. The van der Waals surface area contributed by atoms with Gasteiger partial charge in [-0.25, -0.2) is 0 Å². The van der Waals surface area contributed by atoms with Gasteiger partial charge in [0.1, 0.15) is 0 Å². The fraction of sp³-hybridized carbons (Fsp3) is 0.941. The van der Waals surface area contributed by atoms with E-state index in [4.69, 9.17) is 14.2 Å². The third kappa shape index (κ3) is 14.9. The maximum atomic E-state index is 12.9. The molecular weight excluding hydrogens is 488 g/mol. The van der Waals surface area contributed by atoms with E-state index < -0.39 is 11.8 Å². The fourth-order valence-corrected chi connectivity index (χ4v) is 6.21. The minimum Gasteiger partial charge on any atom is -0.465 e. The topological polar surface area (TPSA) is 61.8 Å². The van der Waals surface area contributed by atoms with Crippen LogP contribution in [-0.2, 0) is 23.8 Å². The van der Waals surface area contributed by atoms with Gasteiger partial charge in [0.05, 0.1) is 37.3 Å². The number of carbonyl (C=O) groups excluding carboxylic acids is 2. The Bertz CT molecular complexity index is 615. The van der Waals surface area contributed by atoms with Gasteiger partial charge in [-0.2, -0.15) is 0 Å². The lowest BCUT2D eigenvalue weighted by molar-refractivity contribution is -0.222. The molecule has 3 aliphatic rings. The van der Waals surface area contributed by atoms with Crippen molar-refractivity contribution < 1.29 is 23.8 Å². The van der Waals surface area contributed by atoms with Crippen molar-refractivity contribution in [3.8, 4) is 0 Å². The Labute approximate surface area is 240 Å². The molecule has 0 radical (unpaired) electrons. The molecule has 2 heterocycles. The van der Waals surface area contributed by atoms with Crippen molar-refractivity contribution in [1.82, 2.24) is 0 Å². The summed E-state index contributed by atoms with van der Waals surface area (Å²) >= 11 is 0. The van der Waals surface area contributed by atoms with E-state index in [0.717, 1.165) is 32.1 Å². The first-order valence-electron chi connectivity index (χ1n) is 17.2. The first-order chi connectivity index (χ1) is 19.2. The molecule has 2 saturated heterocycles. The zero-order chi connectivity index (χ0) is 28.0. The van der Waals surface area contributed by atoms with Crippen LogP contribution in [0.4, 0.5) is 0 Å². The zero-order valence-corrected chi connectivity index (χ0v) is 25.7. The molecule has 0 spiro atoms. The summed E-state index contributed by atoms with van der Waals surface area (Å²) < 4.78 is 17.1. The molecule has 4 unspecified atom stereocenters. The van der Waals surface area contributed by atoms with Gasteiger partial charge in [0, 0.05) is 6.42 Å².